The van der Waals surface area contributed by atoms with Crippen molar-refractivity contribution in [1.82, 2.24) is 25.1 Å². The van der Waals surface area contributed by atoms with E-state index in [0.717, 1.165) is 48.3 Å². The molecule has 10 heteroatoms. The van der Waals surface area contributed by atoms with Crippen molar-refractivity contribution >= 4 is 17.5 Å². The average molecular weight is 590 g/mol. The lowest BCUT2D eigenvalue weighted by molar-refractivity contribution is -0.128. The molecule has 2 aromatic carbocycles. The topological polar surface area (TPSA) is 120 Å². The van der Waals surface area contributed by atoms with Crippen LogP contribution in [0.1, 0.15) is 91.8 Å². The number of methoxy groups -OCH3 is 1. The number of hydrogen-bond donors (Lipinski definition) is 2. The highest BCUT2D eigenvalue weighted by Gasteiger charge is 2.24. The lowest BCUT2D eigenvalue weighted by atomic mass is 10.1. The minimum absolute atomic E-state index is 0.138. The zero-order valence-electron chi connectivity index (χ0n) is 26.0. The summed E-state index contributed by atoms with van der Waals surface area (Å²) in [6.07, 6.45) is 5.02. The van der Waals surface area contributed by atoms with Crippen LogP contribution in [0.3, 0.4) is 0 Å². The first-order valence-corrected chi connectivity index (χ1v) is 15.1. The maximum Gasteiger partial charge on any atom is 0.337 e. The molecule has 0 aliphatic heterocycles. The fourth-order valence-corrected chi connectivity index (χ4v) is 4.86. The van der Waals surface area contributed by atoms with E-state index in [2.05, 4.69) is 28.5 Å². The summed E-state index contributed by atoms with van der Waals surface area (Å²) in [5.41, 5.74) is 4.00. The maximum atomic E-state index is 13.3. The van der Waals surface area contributed by atoms with E-state index in [4.69, 9.17) is 19.2 Å². The molecule has 4 rings (SSSR count). The number of H-pyrrole nitrogens is 1. The van der Waals surface area contributed by atoms with Crippen LogP contribution >= 0.6 is 0 Å². The van der Waals surface area contributed by atoms with Crippen molar-refractivity contribution < 1.29 is 23.8 Å². The summed E-state index contributed by atoms with van der Waals surface area (Å²) in [6.45, 7) is 10.6. The first-order valence-electron chi connectivity index (χ1n) is 15.1. The number of aromatic amines is 1. The van der Waals surface area contributed by atoms with E-state index < -0.39 is 12.1 Å². The number of amides is 1. The van der Waals surface area contributed by atoms with E-state index in [0.29, 0.717) is 47.9 Å². The second-order valence-electron chi connectivity index (χ2n) is 11.0. The molecule has 2 atom stereocenters. The second-order valence-corrected chi connectivity index (χ2v) is 11.0. The van der Waals surface area contributed by atoms with Gasteiger partial charge in [-0.05, 0) is 69.0 Å². The predicted octanol–water partition coefficient (Wildman–Crippen LogP) is 6.45. The van der Waals surface area contributed by atoms with Crippen LogP contribution in [-0.4, -0.2) is 51.4 Å². The molecule has 0 bridgehead atoms. The van der Waals surface area contributed by atoms with E-state index in [1.54, 1.807) is 28.9 Å². The van der Waals surface area contributed by atoms with Crippen LogP contribution in [0.15, 0.2) is 42.5 Å². The number of unbranched alkanes of at least 4 members (excludes halogenated alkanes) is 3. The average Bonchev–Trinajstić information content (AvgIpc) is 3.57. The Morgan fingerprint density at radius 2 is 1.81 bits per heavy atom. The largest absolute Gasteiger partial charge is 0.480 e. The third-order valence-corrected chi connectivity index (χ3v) is 7.43. The molecule has 2 N–H and O–H groups in total. The standard InChI is InChI=1S/C33H43N5O5/c1-7-9-10-11-12-28(43-27-18-13-21(3)19-22(27)4)32(39)34-20-23(5)30-35-31-29(26(8-2)36-38(31)37-30)42-25-16-14-24(15-17-25)33(40)41-6/h13-19,23,28,36H,7-12,20H2,1-6H3,(H,34,39). The Hall–Kier alpha value is -4.34. The fourth-order valence-electron chi connectivity index (χ4n) is 4.86. The summed E-state index contributed by atoms with van der Waals surface area (Å²) in [4.78, 5) is 29.9. The van der Waals surface area contributed by atoms with Gasteiger partial charge in [0.1, 0.15) is 11.5 Å². The molecule has 1 amide bonds. The van der Waals surface area contributed by atoms with Gasteiger partial charge in [-0.3, -0.25) is 9.89 Å². The number of aromatic nitrogens is 4. The summed E-state index contributed by atoms with van der Waals surface area (Å²) in [6, 6.07) is 12.7. The number of fused-ring (bicyclic) bond motifs is 1. The lowest BCUT2D eigenvalue weighted by Crippen LogP contribution is -2.40. The molecule has 0 radical (unpaired) electrons. The third kappa shape index (κ3) is 7.94. The number of nitrogens with zero attached hydrogens (tertiary/aromatic N) is 3. The maximum absolute atomic E-state index is 13.3. The molecule has 43 heavy (non-hydrogen) atoms. The highest BCUT2D eigenvalue weighted by molar-refractivity contribution is 5.89. The van der Waals surface area contributed by atoms with Gasteiger partial charge < -0.3 is 19.5 Å². The van der Waals surface area contributed by atoms with Crippen LogP contribution < -0.4 is 14.8 Å². The van der Waals surface area contributed by atoms with E-state index in [1.807, 2.05) is 39.8 Å². The van der Waals surface area contributed by atoms with Crippen LogP contribution in [0, 0.1) is 13.8 Å². The third-order valence-electron chi connectivity index (χ3n) is 7.43. The highest BCUT2D eigenvalue weighted by Crippen LogP contribution is 2.31. The number of ether oxygens (including phenoxy) is 3. The number of hydrogen-bond acceptors (Lipinski definition) is 7. The number of rotatable bonds is 15. The van der Waals surface area contributed by atoms with Gasteiger partial charge in [0.25, 0.3) is 5.91 Å². The monoisotopic (exact) mass is 589 g/mol. The Kier molecular flexibility index (Phi) is 10.8. The molecule has 0 spiro atoms. The summed E-state index contributed by atoms with van der Waals surface area (Å²) in [7, 11) is 1.35. The van der Waals surface area contributed by atoms with Gasteiger partial charge in [0.15, 0.2) is 17.7 Å². The van der Waals surface area contributed by atoms with Gasteiger partial charge in [-0.15, -0.1) is 9.73 Å². The van der Waals surface area contributed by atoms with Crippen molar-refractivity contribution in [3.8, 4) is 17.2 Å². The van der Waals surface area contributed by atoms with Gasteiger partial charge in [0.2, 0.25) is 5.65 Å². The Morgan fingerprint density at radius 1 is 1.05 bits per heavy atom. The summed E-state index contributed by atoms with van der Waals surface area (Å²) >= 11 is 0. The Bertz CT molecular complexity index is 1520. The molecule has 0 aliphatic carbocycles. The zero-order chi connectivity index (χ0) is 30.9. The van der Waals surface area contributed by atoms with E-state index in [9.17, 15) is 9.59 Å². The van der Waals surface area contributed by atoms with E-state index in [-0.39, 0.29) is 11.8 Å². The normalized spacial score (nSPS) is 12.6. The number of benzene rings is 2. The Morgan fingerprint density at radius 3 is 2.49 bits per heavy atom. The van der Waals surface area contributed by atoms with Gasteiger partial charge in [-0.1, -0.05) is 57.7 Å². The van der Waals surface area contributed by atoms with Crippen molar-refractivity contribution in [1.29, 1.82) is 0 Å². The van der Waals surface area contributed by atoms with Crippen LogP contribution in [0.25, 0.3) is 5.65 Å². The van der Waals surface area contributed by atoms with Gasteiger partial charge in [0.05, 0.1) is 18.4 Å². The van der Waals surface area contributed by atoms with E-state index in [1.165, 1.54) is 7.11 Å². The van der Waals surface area contributed by atoms with Crippen molar-refractivity contribution in [3.05, 3.63) is 70.7 Å². The van der Waals surface area contributed by atoms with Gasteiger partial charge in [-0.2, -0.15) is 0 Å². The number of esters is 1. The molecule has 10 nitrogen and oxygen atoms in total. The van der Waals surface area contributed by atoms with Crippen molar-refractivity contribution in [2.45, 2.75) is 85.2 Å². The summed E-state index contributed by atoms with van der Waals surface area (Å²) in [5, 5.41) is 10.9. The Labute approximate surface area is 253 Å². The highest BCUT2D eigenvalue weighted by atomic mass is 16.5. The SMILES string of the molecule is CCCCCCC(Oc1ccc(C)cc1C)C(=O)NCC(C)c1nc2c(Oc3ccc(C(=O)OC)cc3)c(CC)[nH]n2n1. The smallest absolute Gasteiger partial charge is 0.337 e. The number of aryl methyl sites for hydroxylation is 3. The van der Waals surface area contributed by atoms with Crippen molar-refractivity contribution in [2.24, 2.45) is 0 Å². The Balaban J connectivity index is 1.44. The van der Waals surface area contributed by atoms with E-state index >= 15 is 0 Å². The molecule has 0 fully saturated rings. The molecular formula is C33H43N5O5. The van der Waals surface area contributed by atoms with Crippen LogP contribution in [0.2, 0.25) is 0 Å². The first-order chi connectivity index (χ1) is 20.7. The van der Waals surface area contributed by atoms with Crippen LogP contribution in [0.5, 0.6) is 17.2 Å². The summed E-state index contributed by atoms with van der Waals surface area (Å²) in [5.74, 6) is 1.73. The minimum atomic E-state index is -0.576. The first kappa shape index (κ1) is 31.6. The van der Waals surface area contributed by atoms with Crippen molar-refractivity contribution in [2.75, 3.05) is 13.7 Å². The second kappa shape index (κ2) is 14.7. The van der Waals surface area contributed by atoms with Crippen LogP contribution in [-0.2, 0) is 16.0 Å². The predicted molar refractivity (Wildman–Crippen MR) is 165 cm³/mol. The quantitative estimate of drug-likeness (QED) is 0.121. The minimum Gasteiger partial charge on any atom is -0.480 e. The van der Waals surface area contributed by atoms with Gasteiger partial charge in [-0.25, -0.2) is 9.78 Å². The zero-order valence-corrected chi connectivity index (χ0v) is 26.0. The molecule has 2 heterocycles. The number of nitrogens with one attached hydrogen (secondary N) is 2. The summed E-state index contributed by atoms with van der Waals surface area (Å²) < 4.78 is 18.8. The lowest BCUT2D eigenvalue weighted by Gasteiger charge is -2.21. The molecule has 230 valence electrons. The molecular weight excluding hydrogens is 546 g/mol. The molecule has 2 aromatic heterocycles. The molecule has 0 aliphatic rings. The van der Waals surface area contributed by atoms with Gasteiger partial charge >= 0.3 is 5.97 Å². The van der Waals surface area contributed by atoms with Gasteiger partial charge in [0, 0.05) is 12.5 Å². The molecule has 0 saturated carbocycles. The molecule has 2 unspecified atom stereocenters. The molecule has 4 aromatic rings. The fraction of sp³-hybridized carbons (Fsp3) is 0.455. The number of carbonyl (C=O) groups excluding carboxylic acids is 2. The van der Waals surface area contributed by atoms with Crippen molar-refractivity contribution in [3.63, 3.8) is 0 Å². The van der Waals surface area contributed by atoms with Crippen LogP contribution in [0.4, 0.5) is 0 Å². The molecule has 0 saturated heterocycles. The number of carbonyl (C=O) groups is 2.